The van der Waals surface area contributed by atoms with Crippen LogP contribution < -0.4 is 0 Å². The molecule has 2 unspecified atom stereocenters. The fraction of sp³-hybridized carbons (Fsp3) is 0.957. The monoisotopic (exact) mass is 1620 g/mol. The zero-order chi connectivity index (χ0) is 81.1. The van der Waals surface area contributed by atoms with Crippen LogP contribution >= 0.6 is 15.6 Å². The standard InChI is InChI=1S/C92H180O17P2/c1-6-9-12-15-18-21-24-27-30-33-36-38-39-41-44-47-50-53-56-63-68-73-77-91(96)108-87(81-102-89(94)75-70-65-60-54-51-48-45-43-40-37-34-31-28-25-22-19-16-13-10-7-2)83-106-110(98,99)104-79-86(93)80-105-111(100,101)107-84-88(82-103-90(95)76-71-66-61-58-57-59-64-69-74-85(4)5)109-92(97)78-72-67-62-55-52-49-46-42-35-32-29-26-23-20-17-14-11-8-3/h85-88,93H,6-84H2,1-5H3,(H,98,99)(H,100,101)/t86-,87-,88-/m1/s1. The summed E-state index contributed by atoms with van der Waals surface area (Å²) in [6.07, 6.45) is 80.8. The third kappa shape index (κ3) is 85.8. The van der Waals surface area contributed by atoms with Gasteiger partial charge in [-0.05, 0) is 31.6 Å². The number of unbranched alkanes of at least 4 members (excludes halogenated alkanes) is 64. The minimum Gasteiger partial charge on any atom is -0.462 e. The Hall–Kier alpha value is -1.94. The molecule has 3 N–H and O–H groups in total. The quantitative estimate of drug-likeness (QED) is 0.0222. The number of esters is 4. The van der Waals surface area contributed by atoms with Crippen molar-refractivity contribution in [1.82, 2.24) is 0 Å². The average molecular weight is 1620 g/mol. The molecule has 0 aliphatic rings. The number of carbonyl (C=O) groups excluding carboxylic acids is 4. The molecule has 0 heterocycles. The van der Waals surface area contributed by atoms with Gasteiger partial charge >= 0.3 is 39.5 Å². The summed E-state index contributed by atoms with van der Waals surface area (Å²) in [6.45, 7) is 7.36. The minimum absolute atomic E-state index is 0.109. The van der Waals surface area contributed by atoms with Gasteiger partial charge in [-0.3, -0.25) is 37.3 Å². The van der Waals surface area contributed by atoms with Crippen LogP contribution in [0.3, 0.4) is 0 Å². The van der Waals surface area contributed by atoms with E-state index in [1.165, 1.54) is 327 Å². The lowest BCUT2D eigenvalue weighted by atomic mass is 10.0. The lowest BCUT2D eigenvalue weighted by Crippen LogP contribution is -2.30. The van der Waals surface area contributed by atoms with Crippen LogP contribution in [0.4, 0.5) is 0 Å². The van der Waals surface area contributed by atoms with E-state index in [9.17, 15) is 43.2 Å². The Morgan fingerprint density at radius 2 is 0.414 bits per heavy atom. The molecule has 0 aromatic heterocycles. The van der Waals surface area contributed by atoms with Gasteiger partial charge in [-0.2, -0.15) is 0 Å². The van der Waals surface area contributed by atoms with E-state index < -0.39 is 97.5 Å². The second-order valence-corrected chi connectivity index (χ2v) is 36.4. The van der Waals surface area contributed by atoms with E-state index in [1.807, 2.05) is 0 Å². The van der Waals surface area contributed by atoms with Crippen LogP contribution in [0, 0.1) is 5.92 Å². The molecular formula is C92H180O17P2. The number of phosphoric ester groups is 2. The highest BCUT2D eigenvalue weighted by Gasteiger charge is 2.31. The molecule has 0 spiro atoms. The highest BCUT2D eigenvalue weighted by molar-refractivity contribution is 7.47. The lowest BCUT2D eigenvalue weighted by Gasteiger charge is -2.21. The number of hydrogen-bond acceptors (Lipinski definition) is 15. The van der Waals surface area contributed by atoms with Gasteiger partial charge in [0, 0.05) is 25.7 Å². The Kier molecular flexibility index (Phi) is 83.0. The molecule has 0 radical (unpaired) electrons. The zero-order valence-corrected chi connectivity index (χ0v) is 74.9. The zero-order valence-electron chi connectivity index (χ0n) is 73.1. The lowest BCUT2D eigenvalue weighted by molar-refractivity contribution is -0.161. The van der Waals surface area contributed by atoms with Gasteiger partial charge in [0.15, 0.2) is 12.2 Å². The predicted octanol–water partition coefficient (Wildman–Crippen LogP) is 28.7. The van der Waals surface area contributed by atoms with Crippen molar-refractivity contribution in [3.8, 4) is 0 Å². The first kappa shape index (κ1) is 109. The number of hydrogen-bond donors (Lipinski definition) is 3. The first-order chi connectivity index (χ1) is 54.0. The van der Waals surface area contributed by atoms with E-state index in [4.69, 9.17) is 37.0 Å². The molecule has 0 aliphatic heterocycles. The molecule has 0 fully saturated rings. The van der Waals surface area contributed by atoms with E-state index >= 15 is 0 Å². The number of ether oxygens (including phenoxy) is 4. The summed E-state index contributed by atoms with van der Waals surface area (Å²) in [6, 6.07) is 0. The molecular weight excluding hydrogens is 1440 g/mol. The molecule has 660 valence electrons. The van der Waals surface area contributed by atoms with Crippen molar-refractivity contribution < 1.29 is 80.2 Å². The van der Waals surface area contributed by atoms with Crippen LogP contribution in [0.1, 0.15) is 503 Å². The maximum atomic E-state index is 13.2. The molecule has 111 heavy (non-hydrogen) atoms. The molecule has 19 heteroatoms. The average Bonchev–Trinajstić information content (AvgIpc) is 0.900. The van der Waals surface area contributed by atoms with Crippen molar-refractivity contribution in [3.05, 3.63) is 0 Å². The SMILES string of the molecule is CCCCCCCCCCCCCCCCCCCCCCCCC(=O)O[C@H](COC(=O)CCCCCCCCCCCCCCCCCCCCCC)COP(=O)(O)OC[C@@H](O)COP(=O)(O)OC[C@@H](COC(=O)CCCCCCCCCCC(C)C)OC(=O)CCCCCCCCCCCCCCCCCCCC. The summed E-state index contributed by atoms with van der Waals surface area (Å²) >= 11 is 0. The van der Waals surface area contributed by atoms with Gasteiger partial charge in [-0.1, -0.05) is 452 Å². The molecule has 0 amide bonds. The number of aliphatic hydroxyl groups is 1. The van der Waals surface area contributed by atoms with E-state index in [-0.39, 0.29) is 25.7 Å². The minimum atomic E-state index is -4.97. The van der Waals surface area contributed by atoms with Crippen LogP contribution in [0.5, 0.6) is 0 Å². The van der Waals surface area contributed by atoms with Gasteiger partial charge in [0.25, 0.3) is 0 Å². The summed E-state index contributed by atoms with van der Waals surface area (Å²) in [5.74, 6) is -1.37. The Morgan fingerprint density at radius 1 is 0.243 bits per heavy atom. The van der Waals surface area contributed by atoms with Crippen LogP contribution in [0.25, 0.3) is 0 Å². The summed E-state index contributed by atoms with van der Waals surface area (Å²) in [7, 11) is -9.94. The Morgan fingerprint density at radius 3 is 0.613 bits per heavy atom. The Bertz CT molecular complexity index is 2100. The molecule has 0 aliphatic carbocycles. The van der Waals surface area contributed by atoms with Crippen LogP contribution in [0.2, 0.25) is 0 Å². The first-order valence-corrected chi connectivity index (χ1v) is 50.6. The van der Waals surface area contributed by atoms with Gasteiger partial charge in [0.1, 0.15) is 19.3 Å². The molecule has 0 aromatic carbocycles. The molecule has 0 aromatic rings. The Balaban J connectivity index is 5.22. The molecule has 0 saturated carbocycles. The predicted molar refractivity (Wildman–Crippen MR) is 460 cm³/mol. The van der Waals surface area contributed by atoms with Gasteiger partial charge in [-0.15, -0.1) is 0 Å². The summed E-state index contributed by atoms with van der Waals surface area (Å²) < 4.78 is 69.1. The van der Waals surface area contributed by atoms with Gasteiger partial charge in [0.2, 0.25) is 0 Å². The van der Waals surface area contributed by atoms with E-state index in [0.29, 0.717) is 25.7 Å². The maximum absolute atomic E-state index is 13.2. The van der Waals surface area contributed by atoms with Gasteiger partial charge in [0.05, 0.1) is 26.4 Å². The van der Waals surface area contributed by atoms with Gasteiger partial charge < -0.3 is 33.8 Å². The van der Waals surface area contributed by atoms with E-state index in [0.717, 1.165) is 95.8 Å². The third-order valence-electron chi connectivity index (χ3n) is 21.8. The van der Waals surface area contributed by atoms with Crippen molar-refractivity contribution in [1.29, 1.82) is 0 Å². The van der Waals surface area contributed by atoms with E-state index in [1.54, 1.807) is 0 Å². The normalized spacial score (nSPS) is 13.7. The number of phosphoric acid groups is 2. The smallest absolute Gasteiger partial charge is 0.462 e. The highest BCUT2D eigenvalue weighted by Crippen LogP contribution is 2.45. The topological polar surface area (TPSA) is 237 Å². The van der Waals surface area contributed by atoms with Crippen LogP contribution in [-0.4, -0.2) is 96.7 Å². The molecule has 17 nitrogen and oxygen atoms in total. The molecule has 5 atom stereocenters. The van der Waals surface area contributed by atoms with Crippen molar-refractivity contribution in [2.75, 3.05) is 39.6 Å². The number of aliphatic hydroxyl groups excluding tert-OH is 1. The summed E-state index contributed by atoms with van der Waals surface area (Å²) in [4.78, 5) is 73.4. The molecule has 0 rings (SSSR count). The van der Waals surface area contributed by atoms with Crippen molar-refractivity contribution >= 4 is 39.5 Å². The largest absolute Gasteiger partial charge is 0.472 e. The molecule has 0 bridgehead atoms. The van der Waals surface area contributed by atoms with Crippen molar-refractivity contribution in [2.24, 2.45) is 5.92 Å². The first-order valence-electron chi connectivity index (χ1n) is 47.6. The maximum Gasteiger partial charge on any atom is 0.472 e. The third-order valence-corrected chi connectivity index (χ3v) is 23.7. The van der Waals surface area contributed by atoms with Crippen molar-refractivity contribution in [3.63, 3.8) is 0 Å². The highest BCUT2D eigenvalue weighted by atomic mass is 31.2. The fourth-order valence-corrected chi connectivity index (χ4v) is 16.1. The van der Waals surface area contributed by atoms with Crippen LogP contribution in [-0.2, 0) is 65.4 Å². The second-order valence-electron chi connectivity index (χ2n) is 33.5. The van der Waals surface area contributed by atoms with Crippen LogP contribution in [0.15, 0.2) is 0 Å². The fourth-order valence-electron chi connectivity index (χ4n) is 14.5. The number of carbonyl (C=O) groups is 4. The summed E-state index contributed by atoms with van der Waals surface area (Å²) in [5, 5.41) is 10.7. The number of rotatable bonds is 92. The molecule has 0 saturated heterocycles. The Labute approximate surface area is 683 Å². The van der Waals surface area contributed by atoms with Crippen molar-refractivity contribution in [2.45, 2.75) is 522 Å². The van der Waals surface area contributed by atoms with Gasteiger partial charge in [-0.25, -0.2) is 9.13 Å². The van der Waals surface area contributed by atoms with E-state index in [2.05, 4.69) is 34.6 Å². The second kappa shape index (κ2) is 84.5. The summed E-state index contributed by atoms with van der Waals surface area (Å²) in [5.41, 5.74) is 0.